The third kappa shape index (κ3) is 3.95. The summed E-state index contributed by atoms with van der Waals surface area (Å²) in [7, 11) is 0. The molecule has 0 bridgehead atoms. The Labute approximate surface area is 152 Å². The molecule has 0 spiro atoms. The quantitative estimate of drug-likeness (QED) is 0.832. The number of nitrogens with one attached hydrogen (secondary N) is 1. The molecule has 0 aliphatic heterocycles. The molecule has 0 saturated heterocycles. The van der Waals surface area contributed by atoms with E-state index in [1.807, 2.05) is 6.92 Å². The zero-order valence-electron chi connectivity index (χ0n) is 15.4. The number of amides is 1. The van der Waals surface area contributed by atoms with Crippen LogP contribution < -0.4 is 5.32 Å². The number of carbonyl (C=O) groups excluding carboxylic acids is 2. The third-order valence-electron chi connectivity index (χ3n) is 4.82. The first-order chi connectivity index (χ1) is 12.5. The summed E-state index contributed by atoms with van der Waals surface area (Å²) in [4.78, 5) is 24.2. The summed E-state index contributed by atoms with van der Waals surface area (Å²) in [5.74, 6) is -0.552. The number of aromatic nitrogens is 1. The highest BCUT2D eigenvalue weighted by Crippen LogP contribution is 2.24. The molecule has 0 unspecified atom stereocenters. The highest BCUT2D eigenvalue weighted by molar-refractivity contribution is 5.93. The molecular weight excluding hydrogens is 332 g/mol. The summed E-state index contributed by atoms with van der Waals surface area (Å²) < 4.78 is 10.0. The van der Waals surface area contributed by atoms with Gasteiger partial charge < -0.3 is 14.6 Å². The molecule has 6 heteroatoms. The number of benzene rings is 1. The standard InChI is InChI=1S/C20H24N2O4/c1-12(16-9-8-15-6-4-5-7-17(15)10-16)21-18(23)11-25-20(24)19-13(2)22-26-14(19)3/h8-10,12H,4-7,11H2,1-3H3,(H,21,23)/t12-/m0/s1. The van der Waals surface area contributed by atoms with Crippen molar-refractivity contribution >= 4 is 11.9 Å². The lowest BCUT2D eigenvalue weighted by atomic mass is 9.89. The summed E-state index contributed by atoms with van der Waals surface area (Å²) in [6.45, 7) is 4.89. The molecule has 1 heterocycles. The number of rotatable bonds is 5. The Balaban J connectivity index is 1.55. The van der Waals surface area contributed by atoms with Crippen LogP contribution in [0.3, 0.4) is 0 Å². The molecule has 3 rings (SSSR count). The molecule has 0 saturated carbocycles. The fourth-order valence-electron chi connectivity index (χ4n) is 3.37. The predicted octanol–water partition coefficient (Wildman–Crippen LogP) is 3.20. The summed E-state index contributed by atoms with van der Waals surface area (Å²) in [6, 6.07) is 6.25. The lowest BCUT2D eigenvalue weighted by molar-refractivity contribution is -0.124. The molecule has 1 N–H and O–H groups in total. The van der Waals surface area contributed by atoms with Crippen LogP contribution in [-0.4, -0.2) is 23.6 Å². The Bertz CT molecular complexity index is 806. The van der Waals surface area contributed by atoms with Crippen LogP contribution in [0.5, 0.6) is 0 Å². The van der Waals surface area contributed by atoms with Gasteiger partial charge in [0.05, 0.1) is 11.7 Å². The number of aryl methyl sites for hydroxylation is 4. The van der Waals surface area contributed by atoms with Crippen LogP contribution in [0, 0.1) is 13.8 Å². The van der Waals surface area contributed by atoms with Gasteiger partial charge in [-0.05, 0) is 63.1 Å². The second kappa shape index (κ2) is 7.72. The highest BCUT2D eigenvalue weighted by atomic mass is 16.5. The van der Waals surface area contributed by atoms with Gasteiger partial charge in [-0.2, -0.15) is 0 Å². The van der Waals surface area contributed by atoms with E-state index in [0.29, 0.717) is 11.5 Å². The molecule has 1 aromatic carbocycles. The third-order valence-corrected chi connectivity index (χ3v) is 4.82. The van der Waals surface area contributed by atoms with E-state index in [2.05, 4.69) is 28.7 Å². The first-order valence-corrected chi connectivity index (χ1v) is 8.96. The Morgan fingerprint density at radius 1 is 1.23 bits per heavy atom. The van der Waals surface area contributed by atoms with Crippen molar-refractivity contribution in [2.75, 3.05) is 6.61 Å². The molecule has 1 aliphatic rings. The predicted molar refractivity (Wildman–Crippen MR) is 95.9 cm³/mol. The first-order valence-electron chi connectivity index (χ1n) is 8.96. The van der Waals surface area contributed by atoms with Gasteiger partial charge in [0.25, 0.3) is 5.91 Å². The maximum atomic E-state index is 12.1. The molecule has 1 aromatic heterocycles. The van der Waals surface area contributed by atoms with E-state index >= 15 is 0 Å². The second-order valence-corrected chi connectivity index (χ2v) is 6.80. The van der Waals surface area contributed by atoms with Crippen molar-refractivity contribution in [3.8, 4) is 0 Å². The van der Waals surface area contributed by atoms with Gasteiger partial charge in [-0.15, -0.1) is 0 Å². The highest BCUT2D eigenvalue weighted by Gasteiger charge is 2.20. The number of ether oxygens (including phenoxy) is 1. The summed E-state index contributed by atoms with van der Waals surface area (Å²) in [6.07, 6.45) is 4.69. The number of carbonyl (C=O) groups is 2. The molecule has 1 atom stereocenters. The molecule has 1 aliphatic carbocycles. The van der Waals surface area contributed by atoms with Gasteiger partial charge in [0.1, 0.15) is 11.3 Å². The maximum absolute atomic E-state index is 12.1. The van der Waals surface area contributed by atoms with Crippen molar-refractivity contribution in [2.24, 2.45) is 0 Å². The van der Waals surface area contributed by atoms with Gasteiger partial charge in [-0.1, -0.05) is 23.4 Å². The van der Waals surface area contributed by atoms with Crippen molar-refractivity contribution in [3.63, 3.8) is 0 Å². The van der Waals surface area contributed by atoms with Gasteiger partial charge in [0, 0.05) is 0 Å². The average molecular weight is 356 g/mol. The van der Waals surface area contributed by atoms with Crippen LogP contribution in [0.15, 0.2) is 22.7 Å². The largest absolute Gasteiger partial charge is 0.452 e. The zero-order chi connectivity index (χ0) is 18.7. The number of esters is 1. The fourth-order valence-corrected chi connectivity index (χ4v) is 3.37. The van der Waals surface area contributed by atoms with Crippen LogP contribution in [0.4, 0.5) is 0 Å². The molecule has 0 radical (unpaired) electrons. The minimum atomic E-state index is -0.599. The number of fused-ring (bicyclic) bond motifs is 1. The van der Waals surface area contributed by atoms with Crippen molar-refractivity contribution in [2.45, 2.75) is 52.5 Å². The molecule has 6 nitrogen and oxygen atoms in total. The molecule has 26 heavy (non-hydrogen) atoms. The van der Waals surface area contributed by atoms with Gasteiger partial charge >= 0.3 is 5.97 Å². The SMILES string of the molecule is Cc1noc(C)c1C(=O)OCC(=O)N[C@@H](C)c1ccc2c(c1)CCCC2. The van der Waals surface area contributed by atoms with Gasteiger partial charge in [-0.25, -0.2) is 4.79 Å². The van der Waals surface area contributed by atoms with Gasteiger partial charge in [-0.3, -0.25) is 4.79 Å². The van der Waals surface area contributed by atoms with Crippen LogP contribution >= 0.6 is 0 Å². The van der Waals surface area contributed by atoms with Crippen LogP contribution in [0.25, 0.3) is 0 Å². The topological polar surface area (TPSA) is 81.4 Å². The van der Waals surface area contributed by atoms with Gasteiger partial charge in [0.2, 0.25) is 0 Å². The summed E-state index contributed by atoms with van der Waals surface area (Å²) >= 11 is 0. The van der Waals surface area contributed by atoms with E-state index in [1.165, 1.54) is 24.0 Å². The molecule has 0 fully saturated rings. The number of hydrogen-bond acceptors (Lipinski definition) is 5. The van der Waals surface area contributed by atoms with Crippen molar-refractivity contribution in [1.29, 1.82) is 0 Å². The van der Waals surface area contributed by atoms with Crippen molar-refractivity contribution < 1.29 is 18.8 Å². The van der Waals surface area contributed by atoms with E-state index in [9.17, 15) is 9.59 Å². The van der Waals surface area contributed by atoms with Crippen LogP contribution in [0.1, 0.15) is 64.3 Å². The van der Waals surface area contributed by atoms with E-state index in [4.69, 9.17) is 9.26 Å². The lowest BCUT2D eigenvalue weighted by Crippen LogP contribution is -2.31. The van der Waals surface area contributed by atoms with Crippen molar-refractivity contribution in [3.05, 3.63) is 51.9 Å². The lowest BCUT2D eigenvalue weighted by Gasteiger charge is -2.20. The minimum Gasteiger partial charge on any atom is -0.452 e. The van der Waals surface area contributed by atoms with Gasteiger partial charge in [0.15, 0.2) is 6.61 Å². The summed E-state index contributed by atoms with van der Waals surface area (Å²) in [5, 5.41) is 6.59. The zero-order valence-corrected chi connectivity index (χ0v) is 15.4. The van der Waals surface area contributed by atoms with E-state index in [1.54, 1.807) is 13.8 Å². The molecular formula is C20H24N2O4. The normalized spacial score (nSPS) is 14.4. The fraction of sp³-hybridized carbons (Fsp3) is 0.450. The summed E-state index contributed by atoms with van der Waals surface area (Å²) in [5.41, 5.74) is 4.58. The minimum absolute atomic E-state index is 0.146. The second-order valence-electron chi connectivity index (χ2n) is 6.80. The van der Waals surface area contributed by atoms with E-state index in [0.717, 1.165) is 18.4 Å². The smallest absolute Gasteiger partial charge is 0.344 e. The number of hydrogen-bond donors (Lipinski definition) is 1. The Hall–Kier alpha value is -2.63. The number of nitrogens with zero attached hydrogens (tertiary/aromatic N) is 1. The first kappa shape index (κ1) is 18.2. The maximum Gasteiger partial charge on any atom is 0.344 e. The molecule has 138 valence electrons. The van der Waals surface area contributed by atoms with E-state index < -0.39 is 5.97 Å². The Morgan fingerprint density at radius 3 is 2.65 bits per heavy atom. The monoisotopic (exact) mass is 356 g/mol. The van der Waals surface area contributed by atoms with Crippen LogP contribution in [0.2, 0.25) is 0 Å². The molecule has 1 amide bonds. The molecule has 2 aromatic rings. The Morgan fingerprint density at radius 2 is 1.96 bits per heavy atom. The Kier molecular flexibility index (Phi) is 5.40. The van der Waals surface area contributed by atoms with Crippen LogP contribution in [-0.2, 0) is 22.4 Å². The van der Waals surface area contributed by atoms with Crippen molar-refractivity contribution in [1.82, 2.24) is 10.5 Å². The van der Waals surface area contributed by atoms with E-state index in [-0.39, 0.29) is 24.1 Å². The average Bonchev–Trinajstić information content (AvgIpc) is 2.97.